The summed E-state index contributed by atoms with van der Waals surface area (Å²) in [5.74, 6) is 6.38. The van der Waals surface area contributed by atoms with Crippen molar-refractivity contribution in [3.63, 3.8) is 0 Å². The third kappa shape index (κ3) is 3.03. The minimum absolute atomic E-state index is 0.388. The molecule has 0 radical (unpaired) electrons. The van der Waals surface area contributed by atoms with Crippen LogP contribution in [0.1, 0.15) is 31.2 Å². The lowest BCUT2D eigenvalue weighted by atomic mass is 9.93. The number of hydrogen-bond donors (Lipinski definition) is 2. The Balaban J connectivity index is 2.00. The van der Waals surface area contributed by atoms with E-state index < -0.39 is 0 Å². The number of nitrogens with zero attached hydrogens (tertiary/aromatic N) is 1. The van der Waals surface area contributed by atoms with Gasteiger partial charge in [-0.15, -0.1) is 0 Å². The quantitative estimate of drug-likeness (QED) is 0.659. The van der Waals surface area contributed by atoms with Crippen molar-refractivity contribution >= 4 is 15.9 Å². The van der Waals surface area contributed by atoms with E-state index in [-0.39, 0.29) is 0 Å². The van der Waals surface area contributed by atoms with E-state index in [0.29, 0.717) is 6.04 Å². The first kappa shape index (κ1) is 12.0. The summed E-state index contributed by atoms with van der Waals surface area (Å²) in [5.41, 5.74) is 4.21. The highest BCUT2D eigenvalue weighted by atomic mass is 79.9. The Morgan fingerprint density at radius 1 is 1.44 bits per heavy atom. The summed E-state index contributed by atoms with van der Waals surface area (Å²) in [6, 6.07) is 2.50. The van der Waals surface area contributed by atoms with Gasteiger partial charge in [-0.25, -0.2) is 0 Å². The molecule has 4 heteroatoms. The van der Waals surface area contributed by atoms with Crippen LogP contribution in [0.3, 0.4) is 0 Å². The smallest absolute Gasteiger partial charge is 0.0410 e. The normalized spacial score (nSPS) is 18.9. The average Bonchev–Trinajstić information content (AvgIpc) is 2.79. The van der Waals surface area contributed by atoms with Crippen molar-refractivity contribution < 1.29 is 0 Å². The molecule has 88 valence electrons. The largest absolute Gasteiger partial charge is 0.271 e. The van der Waals surface area contributed by atoms with Crippen molar-refractivity contribution in [3.8, 4) is 0 Å². The number of pyridine rings is 1. The van der Waals surface area contributed by atoms with E-state index in [1.807, 2.05) is 12.4 Å². The van der Waals surface area contributed by atoms with Crippen LogP contribution in [0.5, 0.6) is 0 Å². The van der Waals surface area contributed by atoms with Gasteiger partial charge in [0, 0.05) is 22.9 Å². The zero-order valence-electron chi connectivity index (χ0n) is 9.32. The maximum absolute atomic E-state index is 5.66. The molecular weight excluding hydrogens is 266 g/mol. The van der Waals surface area contributed by atoms with Crippen LogP contribution in [0.2, 0.25) is 0 Å². The predicted octanol–water partition coefficient (Wildman–Crippen LogP) is 2.41. The third-order valence-electron chi connectivity index (χ3n) is 3.40. The molecular formula is C12H18BrN3. The van der Waals surface area contributed by atoms with Gasteiger partial charge in [0.15, 0.2) is 0 Å². The molecule has 1 saturated carbocycles. The van der Waals surface area contributed by atoms with E-state index >= 15 is 0 Å². The molecule has 0 saturated heterocycles. The van der Waals surface area contributed by atoms with Crippen molar-refractivity contribution in [2.75, 3.05) is 0 Å². The van der Waals surface area contributed by atoms with E-state index in [0.717, 1.165) is 16.8 Å². The molecule has 1 aromatic rings. The highest BCUT2D eigenvalue weighted by molar-refractivity contribution is 9.10. The lowest BCUT2D eigenvalue weighted by Gasteiger charge is -2.22. The summed E-state index contributed by atoms with van der Waals surface area (Å²) in [4.78, 5) is 4.18. The summed E-state index contributed by atoms with van der Waals surface area (Å²) >= 11 is 3.44. The van der Waals surface area contributed by atoms with Gasteiger partial charge >= 0.3 is 0 Å². The van der Waals surface area contributed by atoms with Crippen LogP contribution < -0.4 is 11.3 Å². The fourth-order valence-electron chi connectivity index (χ4n) is 2.54. The van der Waals surface area contributed by atoms with Crippen LogP contribution >= 0.6 is 15.9 Å². The topological polar surface area (TPSA) is 50.9 Å². The fraction of sp³-hybridized carbons (Fsp3) is 0.583. The molecule has 3 N–H and O–H groups in total. The van der Waals surface area contributed by atoms with E-state index in [4.69, 9.17) is 5.84 Å². The Morgan fingerprint density at radius 2 is 2.19 bits per heavy atom. The fourth-order valence-corrected chi connectivity index (χ4v) is 2.96. The van der Waals surface area contributed by atoms with Gasteiger partial charge in [-0.1, -0.05) is 12.8 Å². The number of nitrogens with one attached hydrogen (secondary N) is 1. The Hall–Kier alpha value is -0.450. The molecule has 0 amide bonds. The minimum Gasteiger partial charge on any atom is -0.271 e. The first-order valence-corrected chi connectivity index (χ1v) is 6.64. The molecule has 1 aromatic heterocycles. The van der Waals surface area contributed by atoms with Crippen molar-refractivity contribution in [1.82, 2.24) is 10.4 Å². The SMILES string of the molecule is NNC(Cc1cncc(Br)c1)C1CCCC1. The Labute approximate surface area is 105 Å². The van der Waals surface area contributed by atoms with E-state index in [1.54, 1.807) is 0 Å². The molecule has 1 atom stereocenters. The van der Waals surface area contributed by atoms with Crippen LogP contribution in [-0.2, 0) is 6.42 Å². The summed E-state index contributed by atoms with van der Waals surface area (Å²) in [6.07, 6.45) is 9.99. The lowest BCUT2D eigenvalue weighted by Crippen LogP contribution is -2.41. The zero-order chi connectivity index (χ0) is 11.4. The number of hydrogen-bond acceptors (Lipinski definition) is 3. The Kier molecular flexibility index (Phi) is 4.32. The molecule has 0 spiro atoms. The van der Waals surface area contributed by atoms with E-state index in [9.17, 15) is 0 Å². The Morgan fingerprint density at radius 3 is 2.81 bits per heavy atom. The standard InChI is InChI=1S/C12H18BrN3/c13-11-5-9(7-15-8-11)6-12(16-14)10-3-1-2-4-10/h5,7-8,10,12,16H,1-4,6,14H2. The highest BCUT2D eigenvalue weighted by Crippen LogP contribution is 2.29. The van der Waals surface area contributed by atoms with Gasteiger partial charge in [0.05, 0.1) is 0 Å². The first-order chi connectivity index (χ1) is 7.79. The van der Waals surface area contributed by atoms with Crippen molar-refractivity contribution in [2.45, 2.75) is 38.1 Å². The zero-order valence-corrected chi connectivity index (χ0v) is 10.9. The van der Waals surface area contributed by atoms with Crippen molar-refractivity contribution in [1.29, 1.82) is 0 Å². The van der Waals surface area contributed by atoms with Crippen molar-refractivity contribution in [2.24, 2.45) is 11.8 Å². The molecule has 16 heavy (non-hydrogen) atoms. The number of aromatic nitrogens is 1. The summed E-state index contributed by atoms with van der Waals surface area (Å²) in [7, 11) is 0. The van der Waals surface area contributed by atoms with Gasteiger partial charge in [0.25, 0.3) is 0 Å². The molecule has 1 heterocycles. The molecule has 0 aliphatic heterocycles. The molecule has 1 aliphatic carbocycles. The third-order valence-corrected chi connectivity index (χ3v) is 3.83. The highest BCUT2D eigenvalue weighted by Gasteiger charge is 2.24. The van der Waals surface area contributed by atoms with E-state index in [1.165, 1.54) is 31.2 Å². The molecule has 0 bridgehead atoms. The summed E-state index contributed by atoms with van der Waals surface area (Å²) in [6.45, 7) is 0. The maximum atomic E-state index is 5.66. The van der Waals surface area contributed by atoms with Gasteiger partial charge in [-0.05, 0) is 52.7 Å². The van der Waals surface area contributed by atoms with Gasteiger partial charge in [-0.2, -0.15) is 0 Å². The number of rotatable bonds is 4. The van der Waals surface area contributed by atoms with Gasteiger partial charge in [0.1, 0.15) is 0 Å². The van der Waals surface area contributed by atoms with Crippen LogP contribution in [0.15, 0.2) is 22.9 Å². The van der Waals surface area contributed by atoms with Crippen LogP contribution in [0, 0.1) is 5.92 Å². The first-order valence-electron chi connectivity index (χ1n) is 5.85. The minimum atomic E-state index is 0.388. The number of nitrogens with two attached hydrogens (primary N) is 1. The van der Waals surface area contributed by atoms with E-state index in [2.05, 4.69) is 32.4 Å². The second kappa shape index (κ2) is 5.75. The molecule has 1 unspecified atom stereocenters. The van der Waals surface area contributed by atoms with Crippen LogP contribution in [0.25, 0.3) is 0 Å². The van der Waals surface area contributed by atoms with Crippen molar-refractivity contribution in [3.05, 3.63) is 28.5 Å². The average molecular weight is 284 g/mol. The van der Waals surface area contributed by atoms with Crippen LogP contribution in [0.4, 0.5) is 0 Å². The lowest BCUT2D eigenvalue weighted by molar-refractivity contribution is 0.361. The molecule has 1 fully saturated rings. The summed E-state index contributed by atoms with van der Waals surface area (Å²) < 4.78 is 1.03. The second-order valence-corrected chi connectivity index (χ2v) is 5.45. The molecule has 1 aliphatic rings. The second-order valence-electron chi connectivity index (χ2n) is 4.53. The van der Waals surface area contributed by atoms with Gasteiger partial charge in [0.2, 0.25) is 0 Å². The maximum Gasteiger partial charge on any atom is 0.0410 e. The number of hydrazine groups is 1. The van der Waals surface area contributed by atoms with Crippen LogP contribution in [-0.4, -0.2) is 11.0 Å². The molecule has 3 nitrogen and oxygen atoms in total. The Bertz CT molecular complexity index is 337. The number of halogens is 1. The van der Waals surface area contributed by atoms with Gasteiger partial charge in [-0.3, -0.25) is 16.3 Å². The summed E-state index contributed by atoms with van der Waals surface area (Å²) in [5, 5.41) is 0. The van der Waals surface area contributed by atoms with Gasteiger partial charge < -0.3 is 0 Å². The monoisotopic (exact) mass is 283 g/mol. The molecule has 0 aromatic carbocycles. The predicted molar refractivity (Wildman–Crippen MR) is 68.7 cm³/mol. The molecule has 2 rings (SSSR count).